The maximum absolute atomic E-state index is 13.6. The van der Waals surface area contributed by atoms with Crippen LogP contribution >= 0.6 is 11.3 Å². The SMILES string of the molecule is CCCc1nc(-c2c(F)cccc2F)sc1C(=O)O. The van der Waals surface area contributed by atoms with E-state index in [1.807, 2.05) is 6.92 Å². The van der Waals surface area contributed by atoms with E-state index in [2.05, 4.69) is 4.98 Å². The molecule has 100 valence electrons. The van der Waals surface area contributed by atoms with E-state index in [0.717, 1.165) is 23.5 Å². The average molecular weight is 283 g/mol. The number of carboxylic acids is 1. The van der Waals surface area contributed by atoms with E-state index in [1.54, 1.807) is 0 Å². The van der Waals surface area contributed by atoms with Crippen LogP contribution in [0.15, 0.2) is 18.2 Å². The molecule has 6 heteroatoms. The number of rotatable bonds is 4. The second-order valence-electron chi connectivity index (χ2n) is 3.95. The molecule has 0 aliphatic heterocycles. The Morgan fingerprint density at radius 2 is 2.00 bits per heavy atom. The highest BCUT2D eigenvalue weighted by Gasteiger charge is 2.21. The van der Waals surface area contributed by atoms with Gasteiger partial charge in [0.15, 0.2) is 0 Å². The number of aromatic carboxylic acids is 1. The minimum absolute atomic E-state index is 0.0412. The highest BCUT2D eigenvalue weighted by atomic mass is 32.1. The minimum atomic E-state index is -1.12. The lowest BCUT2D eigenvalue weighted by Gasteiger charge is -1.99. The summed E-state index contributed by atoms with van der Waals surface area (Å²) in [5.41, 5.74) is 0.106. The summed E-state index contributed by atoms with van der Waals surface area (Å²) >= 11 is 0.798. The third-order valence-corrected chi connectivity index (χ3v) is 3.66. The van der Waals surface area contributed by atoms with Gasteiger partial charge < -0.3 is 5.11 Å². The van der Waals surface area contributed by atoms with Crippen LogP contribution < -0.4 is 0 Å². The van der Waals surface area contributed by atoms with Crippen LogP contribution in [-0.4, -0.2) is 16.1 Å². The number of carboxylic acid groups (broad SMARTS) is 1. The number of carbonyl (C=O) groups is 1. The Bertz CT molecular complexity index is 605. The topological polar surface area (TPSA) is 50.2 Å². The fourth-order valence-corrected chi connectivity index (χ4v) is 2.73. The molecular formula is C13H11F2NO2S. The smallest absolute Gasteiger partial charge is 0.347 e. The molecule has 0 fully saturated rings. The molecule has 1 N–H and O–H groups in total. The molecule has 1 aromatic carbocycles. The van der Waals surface area contributed by atoms with Gasteiger partial charge in [0.25, 0.3) is 0 Å². The van der Waals surface area contributed by atoms with Gasteiger partial charge in [0.2, 0.25) is 0 Å². The number of thiazole rings is 1. The maximum Gasteiger partial charge on any atom is 0.347 e. The monoisotopic (exact) mass is 283 g/mol. The predicted molar refractivity (Wildman–Crippen MR) is 68.4 cm³/mol. The average Bonchev–Trinajstić information content (AvgIpc) is 2.73. The van der Waals surface area contributed by atoms with Crippen molar-refractivity contribution in [3.63, 3.8) is 0 Å². The van der Waals surface area contributed by atoms with Crippen molar-refractivity contribution in [3.8, 4) is 10.6 Å². The molecule has 3 nitrogen and oxygen atoms in total. The normalized spacial score (nSPS) is 10.7. The molecule has 2 aromatic rings. The van der Waals surface area contributed by atoms with E-state index >= 15 is 0 Å². The number of halogens is 2. The van der Waals surface area contributed by atoms with Crippen LogP contribution in [0.2, 0.25) is 0 Å². The molecule has 1 aromatic heterocycles. The van der Waals surface area contributed by atoms with E-state index in [4.69, 9.17) is 5.11 Å². The van der Waals surface area contributed by atoms with Gasteiger partial charge >= 0.3 is 5.97 Å². The van der Waals surface area contributed by atoms with Gasteiger partial charge in [0.05, 0.1) is 11.3 Å². The lowest BCUT2D eigenvalue weighted by atomic mass is 10.2. The summed E-state index contributed by atoms with van der Waals surface area (Å²) < 4.78 is 27.3. The molecule has 2 rings (SSSR count). The van der Waals surface area contributed by atoms with Crippen LogP contribution in [0.4, 0.5) is 8.78 Å². The van der Waals surface area contributed by atoms with E-state index in [0.29, 0.717) is 18.5 Å². The summed E-state index contributed by atoms with van der Waals surface area (Å²) in [5.74, 6) is -2.61. The lowest BCUT2D eigenvalue weighted by molar-refractivity contribution is 0.0700. The van der Waals surface area contributed by atoms with E-state index in [-0.39, 0.29) is 15.4 Å². The first-order valence-electron chi connectivity index (χ1n) is 5.72. The quantitative estimate of drug-likeness (QED) is 0.930. The summed E-state index contributed by atoms with van der Waals surface area (Å²) in [4.78, 5) is 15.2. The number of aromatic nitrogens is 1. The summed E-state index contributed by atoms with van der Waals surface area (Å²) in [6.45, 7) is 1.88. The van der Waals surface area contributed by atoms with Crippen LogP contribution in [0, 0.1) is 11.6 Å². The summed E-state index contributed by atoms with van der Waals surface area (Å²) in [5, 5.41) is 9.14. The van der Waals surface area contributed by atoms with Crippen LogP contribution in [0.5, 0.6) is 0 Å². The van der Waals surface area contributed by atoms with Gasteiger partial charge in [-0.3, -0.25) is 0 Å². The minimum Gasteiger partial charge on any atom is -0.477 e. The highest BCUT2D eigenvalue weighted by molar-refractivity contribution is 7.17. The highest BCUT2D eigenvalue weighted by Crippen LogP contribution is 2.32. The number of nitrogens with zero attached hydrogens (tertiary/aromatic N) is 1. The zero-order valence-corrected chi connectivity index (χ0v) is 10.9. The third-order valence-electron chi connectivity index (χ3n) is 2.56. The summed E-state index contributed by atoms with van der Waals surface area (Å²) in [7, 11) is 0. The molecule has 0 bridgehead atoms. The molecule has 0 aliphatic carbocycles. The van der Waals surface area contributed by atoms with Crippen molar-refractivity contribution >= 4 is 17.3 Å². The predicted octanol–water partition coefficient (Wildman–Crippen LogP) is 3.74. The van der Waals surface area contributed by atoms with Gasteiger partial charge in [-0.25, -0.2) is 18.6 Å². The summed E-state index contributed by atoms with van der Waals surface area (Å²) in [6.07, 6.45) is 1.18. The molecule has 0 radical (unpaired) electrons. The molecule has 0 aliphatic rings. The van der Waals surface area contributed by atoms with Gasteiger partial charge in [0.1, 0.15) is 21.5 Å². The molecule has 0 atom stereocenters. The van der Waals surface area contributed by atoms with E-state index in [1.165, 1.54) is 6.07 Å². The lowest BCUT2D eigenvalue weighted by Crippen LogP contribution is -1.98. The second kappa shape index (κ2) is 5.44. The number of benzene rings is 1. The molecule has 0 amide bonds. The third kappa shape index (κ3) is 2.63. The first-order valence-corrected chi connectivity index (χ1v) is 6.53. The first kappa shape index (κ1) is 13.6. The summed E-state index contributed by atoms with van der Waals surface area (Å²) in [6, 6.07) is 3.51. The Morgan fingerprint density at radius 3 is 2.53 bits per heavy atom. The van der Waals surface area contributed by atoms with E-state index in [9.17, 15) is 13.6 Å². The Balaban J connectivity index is 2.57. The standard InChI is InChI=1S/C13H11F2NO2S/c1-2-4-9-11(13(17)18)19-12(16-9)10-7(14)5-3-6-8(10)15/h3,5-6H,2,4H2,1H3,(H,17,18). The van der Waals surface area contributed by atoms with Gasteiger partial charge in [-0.15, -0.1) is 11.3 Å². The van der Waals surface area contributed by atoms with Crippen molar-refractivity contribution in [2.24, 2.45) is 0 Å². The van der Waals surface area contributed by atoms with Crippen molar-refractivity contribution in [2.75, 3.05) is 0 Å². The van der Waals surface area contributed by atoms with Gasteiger partial charge in [-0.1, -0.05) is 19.4 Å². The van der Waals surface area contributed by atoms with Gasteiger partial charge in [-0.05, 0) is 18.6 Å². The van der Waals surface area contributed by atoms with Gasteiger partial charge in [0, 0.05) is 0 Å². The van der Waals surface area contributed by atoms with Crippen LogP contribution in [0.3, 0.4) is 0 Å². The molecule has 19 heavy (non-hydrogen) atoms. The number of hydrogen-bond donors (Lipinski definition) is 1. The first-order chi connectivity index (χ1) is 9.04. The van der Waals surface area contributed by atoms with Crippen molar-refractivity contribution in [3.05, 3.63) is 40.4 Å². The van der Waals surface area contributed by atoms with Crippen LogP contribution in [0.1, 0.15) is 28.7 Å². The molecule has 1 heterocycles. The molecule has 0 spiro atoms. The molecule has 0 unspecified atom stereocenters. The number of aryl methyl sites for hydroxylation is 1. The van der Waals surface area contributed by atoms with Crippen LogP contribution in [0.25, 0.3) is 10.6 Å². The molecular weight excluding hydrogens is 272 g/mol. The van der Waals surface area contributed by atoms with Gasteiger partial charge in [-0.2, -0.15) is 0 Å². The Morgan fingerprint density at radius 1 is 1.37 bits per heavy atom. The van der Waals surface area contributed by atoms with E-state index < -0.39 is 17.6 Å². The zero-order chi connectivity index (χ0) is 14.0. The maximum atomic E-state index is 13.6. The Hall–Kier alpha value is -1.82. The van der Waals surface area contributed by atoms with Crippen LogP contribution in [-0.2, 0) is 6.42 Å². The second-order valence-corrected chi connectivity index (χ2v) is 4.95. The van der Waals surface area contributed by atoms with Crippen molar-refractivity contribution in [1.82, 2.24) is 4.98 Å². The number of hydrogen-bond acceptors (Lipinski definition) is 3. The Labute approximate surface area is 112 Å². The van der Waals surface area contributed by atoms with Crippen molar-refractivity contribution in [2.45, 2.75) is 19.8 Å². The Kier molecular flexibility index (Phi) is 3.90. The fourth-order valence-electron chi connectivity index (χ4n) is 1.73. The fraction of sp³-hybridized carbons (Fsp3) is 0.231. The zero-order valence-electron chi connectivity index (χ0n) is 10.1. The molecule has 0 saturated heterocycles. The largest absolute Gasteiger partial charge is 0.477 e. The van der Waals surface area contributed by atoms with Crippen molar-refractivity contribution < 1.29 is 18.7 Å². The van der Waals surface area contributed by atoms with Crippen molar-refractivity contribution in [1.29, 1.82) is 0 Å². The molecule has 0 saturated carbocycles.